The van der Waals surface area contributed by atoms with E-state index in [1.807, 2.05) is 6.92 Å². The minimum Gasteiger partial charge on any atom is -0.369 e. The molecule has 24 heavy (non-hydrogen) atoms. The van der Waals surface area contributed by atoms with Crippen LogP contribution in [0, 0.1) is 0 Å². The molecule has 2 N–H and O–H groups in total. The van der Waals surface area contributed by atoms with Gasteiger partial charge in [0.25, 0.3) is 5.91 Å². The zero-order valence-corrected chi connectivity index (χ0v) is 13.4. The van der Waals surface area contributed by atoms with Crippen LogP contribution in [0.5, 0.6) is 0 Å². The van der Waals surface area contributed by atoms with Crippen LogP contribution in [0.1, 0.15) is 29.4 Å². The second-order valence-electron chi connectivity index (χ2n) is 4.86. The highest BCUT2D eigenvalue weighted by Gasteiger charge is 2.31. The fraction of sp³-hybridized carbons (Fsp3) is 0.267. The second kappa shape index (κ2) is 7.48. The van der Waals surface area contributed by atoms with Crippen molar-refractivity contribution in [1.82, 2.24) is 9.97 Å². The molecule has 0 aliphatic heterocycles. The molecule has 0 saturated heterocycles. The Hall–Kier alpha value is -2.35. The number of hydrogen-bond donors (Lipinski definition) is 2. The van der Waals surface area contributed by atoms with E-state index in [2.05, 4.69) is 20.6 Å². The third-order valence-electron chi connectivity index (χ3n) is 2.98. The largest absolute Gasteiger partial charge is 0.416 e. The Balaban J connectivity index is 2.14. The first kappa shape index (κ1) is 18.0. The number of anilines is 2. The van der Waals surface area contributed by atoms with Gasteiger partial charge in [0.1, 0.15) is 11.5 Å². The molecule has 0 saturated carbocycles. The third kappa shape index (κ3) is 4.58. The molecule has 0 aliphatic rings. The zero-order chi connectivity index (χ0) is 17.7. The van der Waals surface area contributed by atoms with Crippen molar-refractivity contribution in [2.45, 2.75) is 19.5 Å². The van der Waals surface area contributed by atoms with Crippen LogP contribution in [0.2, 0.25) is 5.02 Å². The Labute approximate surface area is 141 Å². The van der Waals surface area contributed by atoms with Crippen LogP contribution in [-0.2, 0) is 6.18 Å². The average Bonchev–Trinajstić information content (AvgIpc) is 2.54. The van der Waals surface area contributed by atoms with E-state index in [1.165, 1.54) is 12.4 Å². The van der Waals surface area contributed by atoms with Crippen molar-refractivity contribution in [3.8, 4) is 0 Å². The van der Waals surface area contributed by atoms with E-state index in [0.29, 0.717) is 12.4 Å². The first-order chi connectivity index (χ1) is 11.3. The van der Waals surface area contributed by atoms with Gasteiger partial charge in [-0.15, -0.1) is 0 Å². The lowest BCUT2D eigenvalue weighted by molar-refractivity contribution is -0.137. The predicted octanol–water partition coefficient (Wildman–Crippen LogP) is 4.22. The summed E-state index contributed by atoms with van der Waals surface area (Å²) in [5.41, 5.74) is -1.09. The Bertz CT molecular complexity index is 720. The Morgan fingerprint density at radius 3 is 2.58 bits per heavy atom. The highest BCUT2D eigenvalue weighted by molar-refractivity contribution is 6.33. The fourth-order valence-electron chi connectivity index (χ4n) is 1.77. The molecule has 5 nitrogen and oxygen atoms in total. The lowest BCUT2D eigenvalue weighted by Crippen LogP contribution is -2.16. The fourth-order valence-corrected chi connectivity index (χ4v) is 1.94. The lowest BCUT2D eigenvalue weighted by atomic mass is 10.2. The van der Waals surface area contributed by atoms with Gasteiger partial charge in [-0.25, -0.2) is 9.97 Å². The lowest BCUT2D eigenvalue weighted by Gasteiger charge is -2.11. The summed E-state index contributed by atoms with van der Waals surface area (Å²) in [6, 6.07) is 2.68. The summed E-state index contributed by atoms with van der Waals surface area (Å²) in [6.45, 7) is 2.70. The quantitative estimate of drug-likeness (QED) is 0.839. The monoisotopic (exact) mass is 358 g/mol. The number of amides is 1. The summed E-state index contributed by atoms with van der Waals surface area (Å²) in [5, 5.41) is 5.29. The minimum atomic E-state index is -4.53. The zero-order valence-electron chi connectivity index (χ0n) is 12.6. The molecule has 9 heteroatoms. The maximum absolute atomic E-state index is 12.7. The molecule has 0 fully saturated rings. The van der Waals surface area contributed by atoms with Gasteiger partial charge in [0.15, 0.2) is 0 Å². The molecule has 1 aromatic carbocycles. The van der Waals surface area contributed by atoms with E-state index in [1.54, 1.807) is 0 Å². The molecule has 0 spiro atoms. The Morgan fingerprint density at radius 1 is 1.25 bits per heavy atom. The molecular formula is C15H14ClF3N4O. The van der Waals surface area contributed by atoms with E-state index >= 15 is 0 Å². The van der Waals surface area contributed by atoms with Crippen LogP contribution >= 0.6 is 11.6 Å². The van der Waals surface area contributed by atoms with Crippen LogP contribution in [0.15, 0.2) is 30.6 Å². The SMILES string of the molecule is CCCNc1cnc(C(=O)Nc2cc(C(F)(F)F)ccc2Cl)cn1. The van der Waals surface area contributed by atoms with Crippen molar-refractivity contribution in [3.05, 3.63) is 46.9 Å². The summed E-state index contributed by atoms with van der Waals surface area (Å²) in [6.07, 6.45) is -1.03. The standard InChI is InChI=1S/C15H14ClF3N4O/c1-2-5-20-13-8-21-12(7-22-13)14(24)23-11-6-9(15(17,18)19)3-4-10(11)16/h3-4,6-8H,2,5H2,1H3,(H,20,22)(H,23,24). The molecule has 2 aromatic rings. The van der Waals surface area contributed by atoms with Gasteiger partial charge in [-0.3, -0.25) is 4.79 Å². The number of nitrogens with zero attached hydrogens (tertiary/aromatic N) is 2. The van der Waals surface area contributed by atoms with Crippen LogP contribution < -0.4 is 10.6 Å². The second-order valence-corrected chi connectivity index (χ2v) is 5.27. The molecule has 1 amide bonds. The summed E-state index contributed by atoms with van der Waals surface area (Å²) < 4.78 is 38.2. The first-order valence-corrected chi connectivity index (χ1v) is 7.43. The van der Waals surface area contributed by atoms with Gasteiger partial charge in [-0.05, 0) is 24.6 Å². The molecule has 1 aromatic heterocycles. The van der Waals surface area contributed by atoms with Crippen molar-refractivity contribution >= 4 is 29.0 Å². The number of rotatable bonds is 5. The first-order valence-electron chi connectivity index (χ1n) is 7.05. The highest BCUT2D eigenvalue weighted by Crippen LogP contribution is 2.33. The highest BCUT2D eigenvalue weighted by atomic mass is 35.5. The Kier molecular flexibility index (Phi) is 5.61. The summed E-state index contributed by atoms with van der Waals surface area (Å²) in [7, 11) is 0. The van der Waals surface area contributed by atoms with Gasteiger partial charge in [-0.2, -0.15) is 13.2 Å². The molecule has 2 rings (SSSR count). The maximum Gasteiger partial charge on any atom is 0.416 e. The molecule has 0 unspecified atom stereocenters. The maximum atomic E-state index is 12.7. The number of benzene rings is 1. The number of nitrogens with one attached hydrogen (secondary N) is 2. The van der Waals surface area contributed by atoms with Gasteiger partial charge in [0, 0.05) is 6.54 Å². The van der Waals surface area contributed by atoms with Gasteiger partial charge in [-0.1, -0.05) is 18.5 Å². The van der Waals surface area contributed by atoms with E-state index in [0.717, 1.165) is 24.6 Å². The minimum absolute atomic E-state index is 0.00876. The van der Waals surface area contributed by atoms with Gasteiger partial charge < -0.3 is 10.6 Å². The molecule has 1 heterocycles. The average molecular weight is 359 g/mol. The number of halogens is 4. The van der Waals surface area contributed by atoms with E-state index in [9.17, 15) is 18.0 Å². The van der Waals surface area contributed by atoms with Gasteiger partial charge >= 0.3 is 6.18 Å². The molecule has 0 radical (unpaired) electrons. The summed E-state index contributed by atoms with van der Waals surface area (Å²) >= 11 is 5.83. The number of aromatic nitrogens is 2. The van der Waals surface area contributed by atoms with Crippen LogP contribution in [-0.4, -0.2) is 22.4 Å². The topological polar surface area (TPSA) is 66.9 Å². The van der Waals surface area contributed by atoms with Crippen molar-refractivity contribution in [2.24, 2.45) is 0 Å². The van der Waals surface area contributed by atoms with E-state index < -0.39 is 17.6 Å². The molecule has 0 aliphatic carbocycles. The molecule has 0 atom stereocenters. The van der Waals surface area contributed by atoms with Crippen molar-refractivity contribution in [1.29, 1.82) is 0 Å². The summed E-state index contributed by atoms with van der Waals surface area (Å²) in [5.74, 6) is -0.198. The van der Waals surface area contributed by atoms with Crippen LogP contribution in [0.4, 0.5) is 24.7 Å². The Morgan fingerprint density at radius 2 is 2.00 bits per heavy atom. The number of carbonyl (C=O) groups excluding carboxylic acids is 1. The molecule has 128 valence electrons. The number of alkyl halides is 3. The van der Waals surface area contributed by atoms with Crippen molar-refractivity contribution in [3.63, 3.8) is 0 Å². The van der Waals surface area contributed by atoms with Gasteiger partial charge in [0.05, 0.1) is 28.7 Å². The summed E-state index contributed by atoms with van der Waals surface area (Å²) in [4.78, 5) is 20.0. The third-order valence-corrected chi connectivity index (χ3v) is 3.31. The van der Waals surface area contributed by atoms with E-state index in [-0.39, 0.29) is 16.4 Å². The van der Waals surface area contributed by atoms with Crippen LogP contribution in [0.3, 0.4) is 0 Å². The predicted molar refractivity (Wildman–Crippen MR) is 85.2 cm³/mol. The van der Waals surface area contributed by atoms with E-state index in [4.69, 9.17) is 11.6 Å². The normalized spacial score (nSPS) is 11.2. The van der Waals surface area contributed by atoms with Gasteiger partial charge in [0.2, 0.25) is 0 Å². The number of carbonyl (C=O) groups is 1. The van der Waals surface area contributed by atoms with Crippen molar-refractivity contribution < 1.29 is 18.0 Å². The smallest absolute Gasteiger partial charge is 0.369 e. The van der Waals surface area contributed by atoms with Crippen molar-refractivity contribution in [2.75, 3.05) is 17.2 Å². The van der Waals surface area contributed by atoms with Crippen LogP contribution in [0.25, 0.3) is 0 Å². The molecular weight excluding hydrogens is 345 g/mol. The number of hydrogen-bond acceptors (Lipinski definition) is 4. The molecule has 0 bridgehead atoms.